The van der Waals surface area contributed by atoms with Gasteiger partial charge < -0.3 is 10.1 Å². The zero-order valence-corrected chi connectivity index (χ0v) is 17.2. The number of benzene rings is 1. The number of anilines is 1. The van der Waals surface area contributed by atoms with Crippen LogP contribution in [0.5, 0.6) is 0 Å². The summed E-state index contributed by atoms with van der Waals surface area (Å²) < 4.78 is 46.2. The third-order valence-electron chi connectivity index (χ3n) is 4.22. The molecule has 3 aromatic rings. The number of hydrogen-bond acceptors (Lipinski definition) is 5. The number of rotatable bonds is 6. The number of carbonyl (C=O) groups excluding carboxylic acids is 2. The van der Waals surface area contributed by atoms with Crippen LogP contribution >= 0.6 is 11.6 Å². The van der Waals surface area contributed by atoms with Crippen LogP contribution in [0.4, 0.5) is 19.0 Å². The second-order valence-corrected chi connectivity index (χ2v) is 6.70. The van der Waals surface area contributed by atoms with E-state index < -0.39 is 35.3 Å². The molecule has 8 nitrogen and oxygen atoms in total. The number of para-hydroxylation sites is 1. The molecule has 1 amide bonds. The Morgan fingerprint density at radius 2 is 1.90 bits per heavy atom. The highest BCUT2D eigenvalue weighted by atomic mass is 35.5. The summed E-state index contributed by atoms with van der Waals surface area (Å²) in [5.74, 6) is -1.43. The van der Waals surface area contributed by atoms with E-state index in [1.165, 1.54) is 17.8 Å². The molecule has 0 saturated carbocycles. The molecule has 31 heavy (non-hydrogen) atoms. The van der Waals surface area contributed by atoms with Crippen LogP contribution in [0.2, 0.25) is 5.02 Å². The Balaban J connectivity index is 1.92. The molecule has 0 aliphatic carbocycles. The molecule has 0 aliphatic heterocycles. The molecule has 1 N–H and O–H groups in total. The van der Waals surface area contributed by atoms with E-state index in [0.717, 1.165) is 4.68 Å². The van der Waals surface area contributed by atoms with Crippen LogP contribution in [0.3, 0.4) is 0 Å². The van der Waals surface area contributed by atoms with Crippen LogP contribution in [0, 0.1) is 6.92 Å². The van der Waals surface area contributed by atoms with Crippen LogP contribution in [0.15, 0.2) is 36.5 Å². The van der Waals surface area contributed by atoms with Crippen molar-refractivity contribution in [3.63, 3.8) is 0 Å². The topological polar surface area (TPSA) is 91.0 Å². The number of carbonyl (C=O) groups is 2. The Bertz CT molecular complexity index is 1110. The minimum Gasteiger partial charge on any atom is -0.462 e. The molecule has 0 unspecified atom stereocenters. The molecule has 3 rings (SSSR count). The monoisotopic (exact) mass is 455 g/mol. The normalized spacial score (nSPS) is 11.4. The number of esters is 1. The lowest BCUT2D eigenvalue weighted by Crippen LogP contribution is -2.23. The summed E-state index contributed by atoms with van der Waals surface area (Å²) in [5, 5.41) is 9.46. The van der Waals surface area contributed by atoms with Gasteiger partial charge in [0.05, 0.1) is 29.2 Å². The smallest absolute Gasteiger partial charge is 0.436 e. The van der Waals surface area contributed by atoms with Gasteiger partial charge in [0, 0.05) is 0 Å². The highest BCUT2D eigenvalue weighted by Crippen LogP contribution is 2.35. The van der Waals surface area contributed by atoms with Crippen molar-refractivity contribution in [1.82, 2.24) is 19.6 Å². The lowest BCUT2D eigenvalue weighted by Gasteiger charge is -2.11. The number of alkyl halides is 3. The molecule has 12 heteroatoms. The van der Waals surface area contributed by atoms with Gasteiger partial charge in [0.2, 0.25) is 5.91 Å². The van der Waals surface area contributed by atoms with E-state index in [-0.39, 0.29) is 23.7 Å². The number of nitrogens with zero attached hydrogens (tertiary/aromatic N) is 4. The summed E-state index contributed by atoms with van der Waals surface area (Å²) in [6.45, 7) is 2.48. The van der Waals surface area contributed by atoms with Crippen LogP contribution in [-0.2, 0) is 22.3 Å². The van der Waals surface area contributed by atoms with Crippen molar-refractivity contribution >= 4 is 29.3 Å². The summed E-state index contributed by atoms with van der Waals surface area (Å²) >= 11 is 5.72. The van der Waals surface area contributed by atoms with E-state index in [4.69, 9.17) is 16.3 Å². The third-order valence-corrected chi connectivity index (χ3v) is 4.67. The Kier molecular flexibility index (Phi) is 6.34. The van der Waals surface area contributed by atoms with Gasteiger partial charge in [-0.2, -0.15) is 23.4 Å². The first kappa shape index (κ1) is 22.3. The molecule has 1 aromatic carbocycles. The number of nitrogens with one attached hydrogen (secondary N) is 1. The highest BCUT2D eigenvalue weighted by Gasteiger charge is 2.38. The van der Waals surface area contributed by atoms with E-state index in [0.29, 0.717) is 5.69 Å². The predicted molar refractivity (Wildman–Crippen MR) is 105 cm³/mol. The largest absolute Gasteiger partial charge is 0.462 e. The molecule has 0 bridgehead atoms. The summed E-state index contributed by atoms with van der Waals surface area (Å²) in [5.41, 5.74) is -0.761. The van der Waals surface area contributed by atoms with Crippen LogP contribution in [0.1, 0.15) is 28.7 Å². The lowest BCUT2D eigenvalue weighted by atomic mass is 10.3. The summed E-state index contributed by atoms with van der Waals surface area (Å²) in [4.78, 5) is 24.9. The third kappa shape index (κ3) is 4.71. The number of halogens is 4. The van der Waals surface area contributed by atoms with Crippen molar-refractivity contribution in [2.45, 2.75) is 26.6 Å². The van der Waals surface area contributed by atoms with Crippen LogP contribution in [0.25, 0.3) is 5.69 Å². The maximum absolute atomic E-state index is 13.0. The first-order chi connectivity index (χ1) is 14.6. The first-order valence-corrected chi connectivity index (χ1v) is 9.41. The second kappa shape index (κ2) is 8.80. The maximum Gasteiger partial charge on any atom is 0.436 e. The molecular weight excluding hydrogens is 439 g/mol. The van der Waals surface area contributed by atoms with Crippen molar-refractivity contribution in [2.24, 2.45) is 0 Å². The fourth-order valence-electron chi connectivity index (χ4n) is 2.76. The Morgan fingerprint density at radius 1 is 1.23 bits per heavy atom. The fraction of sp³-hybridized carbons (Fsp3) is 0.263. The molecule has 164 valence electrons. The van der Waals surface area contributed by atoms with E-state index in [2.05, 4.69) is 15.5 Å². The molecule has 0 fully saturated rings. The van der Waals surface area contributed by atoms with Crippen molar-refractivity contribution in [3.05, 3.63) is 58.5 Å². The van der Waals surface area contributed by atoms with Crippen molar-refractivity contribution in [2.75, 3.05) is 11.9 Å². The van der Waals surface area contributed by atoms with Crippen molar-refractivity contribution in [3.8, 4) is 5.69 Å². The fourth-order valence-corrected chi connectivity index (χ4v) is 3.00. The maximum atomic E-state index is 13.0. The molecule has 0 atom stereocenters. The SMILES string of the molecule is CCOC(=O)c1cnn(-c2ccccc2)c1NC(=O)Cn1nc(C(F)(F)F)c(Cl)c1C. The summed E-state index contributed by atoms with van der Waals surface area (Å²) in [7, 11) is 0. The summed E-state index contributed by atoms with van der Waals surface area (Å²) in [6, 6.07) is 8.65. The minimum atomic E-state index is -4.76. The molecule has 0 radical (unpaired) electrons. The average molecular weight is 456 g/mol. The van der Waals surface area contributed by atoms with E-state index in [9.17, 15) is 22.8 Å². The van der Waals surface area contributed by atoms with Gasteiger partial charge in [-0.25, -0.2) is 9.48 Å². The molecular formula is C19H17ClF3N5O3. The quantitative estimate of drug-likeness (QED) is 0.570. The molecule has 0 aliphatic rings. The van der Waals surface area contributed by atoms with Crippen molar-refractivity contribution in [1.29, 1.82) is 0 Å². The Hall–Kier alpha value is -3.34. The predicted octanol–water partition coefficient (Wildman–Crippen LogP) is 3.86. The standard InChI is InChI=1S/C19H17ClF3N5O3/c1-3-31-18(30)13-9-24-28(12-7-5-4-6-8-12)17(13)25-14(29)10-27-11(2)15(20)16(26-27)19(21,22)23/h4-9H,3,10H2,1-2H3,(H,25,29). The van der Waals surface area contributed by atoms with Gasteiger partial charge >= 0.3 is 12.1 Å². The minimum absolute atomic E-state index is 0.00902. The Labute approximate surface area is 179 Å². The van der Waals surface area contributed by atoms with Crippen molar-refractivity contribution < 1.29 is 27.5 Å². The summed E-state index contributed by atoms with van der Waals surface area (Å²) in [6.07, 6.45) is -3.52. The second-order valence-electron chi connectivity index (χ2n) is 6.33. The van der Waals surface area contributed by atoms with E-state index in [1.807, 2.05) is 0 Å². The van der Waals surface area contributed by atoms with Gasteiger partial charge in [-0.1, -0.05) is 29.8 Å². The molecule has 2 heterocycles. The van der Waals surface area contributed by atoms with E-state index in [1.54, 1.807) is 37.3 Å². The number of ether oxygens (including phenoxy) is 1. The van der Waals surface area contributed by atoms with Crippen LogP contribution in [-0.4, -0.2) is 38.0 Å². The average Bonchev–Trinajstić information content (AvgIpc) is 3.25. The van der Waals surface area contributed by atoms with Gasteiger partial charge in [0.1, 0.15) is 12.1 Å². The van der Waals surface area contributed by atoms with E-state index >= 15 is 0 Å². The number of aromatic nitrogens is 4. The van der Waals surface area contributed by atoms with Crippen LogP contribution < -0.4 is 5.32 Å². The lowest BCUT2D eigenvalue weighted by molar-refractivity contribution is -0.141. The number of hydrogen-bond donors (Lipinski definition) is 1. The van der Waals surface area contributed by atoms with Gasteiger partial charge in [-0.15, -0.1) is 0 Å². The Morgan fingerprint density at radius 3 is 2.48 bits per heavy atom. The highest BCUT2D eigenvalue weighted by molar-refractivity contribution is 6.32. The van der Waals surface area contributed by atoms with Gasteiger partial charge in [-0.3, -0.25) is 9.48 Å². The zero-order chi connectivity index (χ0) is 22.8. The van der Waals surface area contributed by atoms with Gasteiger partial charge in [0.15, 0.2) is 11.5 Å². The first-order valence-electron chi connectivity index (χ1n) is 9.04. The molecule has 2 aromatic heterocycles. The zero-order valence-electron chi connectivity index (χ0n) is 16.4. The van der Waals surface area contributed by atoms with Gasteiger partial charge in [0.25, 0.3) is 0 Å². The molecule has 0 spiro atoms. The number of amides is 1. The van der Waals surface area contributed by atoms with Gasteiger partial charge in [-0.05, 0) is 26.0 Å². The molecule has 0 saturated heterocycles.